The molecular weight excluding hydrogens is 218 g/mol. The third kappa shape index (κ3) is 2.67. The van der Waals surface area contributed by atoms with Gasteiger partial charge in [0, 0.05) is 6.04 Å². The fourth-order valence-electron chi connectivity index (χ4n) is 1.61. The van der Waals surface area contributed by atoms with Gasteiger partial charge in [-0.2, -0.15) is 0 Å². The van der Waals surface area contributed by atoms with Crippen molar-refractivity contribution in [2.24, 2.45) is 0 Å². The maximum Gasteiger partial charge on any atom is 0.415 e. The molecule has 0 bridgehead atoms. The molecule has 2 rings (SSSR count). The van der Waals surface area contributed by atoms with Crippen molar-refractivity contribution in [3.05, 3.63) is 18.2 Å². The van der Waals surface area contributed by atoms with E-state index < -0.39 is 0 Å². The van der Waals surface area contributed by atoms with E-state index in [1.54, 1.807) is 4.90 Å². The van der Waals surface area contributed by atoms with Gasteiger partial charge < -0.3 is 10.1 Å². The summed E-state index contributed by atoms with van der Waals surface area (Å²) in [5.41, 5.74) is 0. The standard InChI is InChI=1S/C12H17N3O2/c1-3-9(2)13-10-5-4-6-11(14-10)15-7-8-17-12(15)16/h4-6,9H,3,7-8H2,1-2H3,(H,13,14). The number of amides is 1. The normalized spacial score (nSPS) is 16.8. The maximum absolute atomic E-state index is 11.4. The molecule has 0 aliphatic carbocycles. The molecule has 17 heavy (non-hydrogen) atoms. The summed E-state index contributed by atoms with van der Waals surface area (Å²) in [6.45, 7) is 5.21. The number of nitrogens with one attached hydrogen (secondary N) is 1. The Bertz CT molecular complexity index is 408. The fraction of sp³-hybridized carbons (Fsp3) is 0.500. The average Bonchev–Trinajstić information content (AvgIpc) is 2.75. The van der Waals surface area contributed by atoms with E-state index in [2.05, 4.69) is 24.1 Å². The first kappa shape index (κ1) is 11.7. The Labute approximate surface area is 101 Å². The lowest BCUT2D eigenvalue weighted by atomic mass is 10.2. The summed E-state index contributed by atoms with van der Waals surface area (Å²) in [5, 5.41) is 3.28. The highest BCUT2D eigenvalue weighted by Crippen LogP contribution is 2.18. The summed E-state index contributed by atoms with van der Waals surface area (Å²) in [6, 6.07) is 5.97. The van der Waals surface area contributed by atoms with E-state index in [0.717, 1.165) is 12.2 Å². The molecule has 1 unspecified atom stereocenters. The zero-order valence-corrected chi connectivity index (χ0v) is 10.1. The van der Waals surface area contributed by atoms with Crippen LogP contribution in [-0.2, 0) is 4.74 Å². The maximum atomic E-state index is 11.4. The first-order valence-electron chi connectivity index (χ1n) is 5.88. The van der Waals surface area contributed by atoms with Gasteiger partial charge in [-0.3, -0.25) is 4.90 Å². The van der Waals surface area contributed by atoms with Gasteiger partial charge in [0.1, 0.15) is 18.2 Å². The van der Waals surface area contributed by atoms with E-state index in [1.807, 2.05) is 18.2 Å². The number of rotatable bonds is 4. The second-order valence-electron chi connectivity index (χ2n) is 4.10. The van der Waals surface area contributed by atoms with Gasteiger partial charge in [-0.15, -0.1) is 0 Å². The molecule has 0 spiro atoms. The molecule has 1 saturated heterocycles. The van der Waals surface area contributed by atoms with Gasteiger partial charge >= 0.3 is 6.09 Å². The molecule has 0 aromatic carbocycles. The zero-order chi connectivity index (χ0) is 12.3. The summed E-state index contributed by atoms with van der Waals surface area (Å²) < 4.78 is 4.89. The number of carbonyl (C=O) groups excluding carboxylic acids is 1. The van der Waals surface area contributed by atoms with Crippen LogP contribution in [0.15, 0.2) is 18.2 Å². The zero-order valence-electron chi connectivity index (χ0n) is 10.1. The van der Waals surface area contributed by atoms with Crippen LogP contribution in [0.1, 0.15) is 20.3 Å². The second-order valence-corrected chi connectivity index (χ2v) is 4.10. The number of pyridine rings is 1. The number of hydrogen-bond acceptors (Lipinski definition) is 4. The highest BCUT2D eigenvalue weighted by molar-refractivity contribution is 5.88. The largest absolute Gasteiger partial charge is 0.447 e. The quantitative estimate of drug-likeness (QED) is 0.869. The van der Waals surface area contributed by atoms with Crippen LogP contribution in [0.25, 0.3) is 0 Å². The Hall–Kier alpha value is -1.78. The minimum atomic E-state index is -0.321. The summed E-state index contributed by atoms with van der Waals surface area (Å²) in [4.78, 5) is 17.4. The highest BCUT2D eigenvalue weighted by Gasteiger charge is 2.24. The lowest BCUT2D eigenvalue weighted by Crippen LogP contribution is -2.25. The number of carbonyl (C=O) groups is 1. The van der Waals surface area contributed by atoms with Gasteiger partial charge in [-0.25, -0.2) is 9.78 Å². The minimum absolute atomic E-state index is 0.321. The Morgan fingerprint density at radius 3 is 3.06 bits per heavy atom. The van der Waals surface area contributed by atoms with Gasteiger partial charge in [0.05, 0.1) is 6.54 Å². The van der Waals surface area contributed by atoms with E-state index in [4.69, 9.17) is 4.74 Å². The Morgan fingerprint density at radius 1 is 1.59 bits per heavy atom. The van der Waals surface area contributed by atoms with Crippen LogP contribution in [0.4, 0.5) is 16.4 Å². The number of nitrogens with zero attached hydrogens (tertiary/aromatic N) is 2. The second kappa shape index (κ2) is 5.03. The van der Waals surface area contributed by atoms with Crippen LogP contribution in [-0.4, -0.2) is 30.3 Å². The molecule has 1 aliphatic rings. The van der Waals surface area contributed by atoms with Crippen LogP contribution in [0.3, 0.4) is 0 Å². The third-order valence-electron chi connectivity index (χ3n) is 2.78. The number of aromatic nitrogens is 1. The molecule has 5 nitrogen and oxygen atoms in total. The van der Waals surface area contributed by atoms with Gasteiger partial charge in [-0.05, 0) is 25.5 Å². The van der Waals surface area contributed by atoms with Crippen LogP contribution in [0.5, 0.6) is 0 Å². The first-order valence-corrected chi connectivity index (χ1v) is 5.88. The molecule has 5 heteroatoms. The van der Waals surface area contributed by atoms with Gasteiger partial charge in [0.2, 0.25) is 0 Å². The van der Waals surface area contributed by atoms with Crippen molar-refractivity contribution in [2.75, 3.05) is 23.4 Å². The Balaban J connectivity index is 2.13. The van der Waals surface area contributed by atoms with Gasteiger partial charge in [-0.1, -0.05) is 13.0 Å². The molecule has 1 aliphatic heterocycles. The first-order chi connectivity index (χ1) is 8.20. The molecule has 92 valence electrons. The van der Waals surface area contributed by atoms with E-state index in [1.165, 1.54) is 0 Å². The number of anilines is 2. The van der Waals surface area contributed by atoms with Crippen molar-refractivity contribution in [1.29, 1.82) is 0 Å². The number of ether oxygens (including phenoxy) is 1. The summed E-state index contributed by atoms with van der Waals surface area (Å²) in [5.74, 6) is 1.43. The molecule has 2 heterocycles. The van der Waals surface area contributed by atoms with Gasteiger partial charge in [0.25, 0.3) is 0 Å². The van der Waals surface area contributed by atoms with Crippen LogP contribution >= 0.6 is 0 Å². The smallest absolute Gasteiger partial charge is 0.415 e. The number of hydrogen-bond donors (Lipinski definition) is 1. The van der Waals surface area contributed by atoms with Crippen molar-refractivity contribution >= 4 is 17.7 Å². The molecule has 1 N–H and O–H groups in total. The fourth-order valence-corrected chi connectivity index (χ4v) is 1.61. The molecule has 0 radical (unpaired) electrons. The summed E-state index contributed by atoms with van der Waals surface area (Å²) in [7, 11) is 0. The lowest BCUT2D eigenvalue weighted by Gasteiger charge is -2.15. The molecule has 1 amide bonds. The van der Waals surface area contributed by atoms with Crippen molar-refractivity contribution in [3.63, 3.8) is 0 Å². The van der Waals surface area contributed by atoms with Gasteiger partial charge in [0.15, 0.2) is 0 Å². The summed E-state index contributed by atoms with van der Waals surface area (Å²) >= 11 is 0. The van der Waals surface area contributed by atoms with E-state index in [0.29, 0.717) is 25.0 Å². The van der Waals surface area contributed by atoms with Crippen LogP contribution < -0.4 is 10.2 Å². The molecule has 0 saturated carbocycles. The monoisotopic (exact) mass is 235 g/mol. The van der Waals surface area contributed by atoms with Crippen molar-refractivity contribution in [2.45, 2.75) is 26.3 Å². The molecule has 1 fully saturated rings. The molecule has 1 atom stereocenters. The number of cyclic esters (lactones) is 1. The van der Waals surface area contributed by atoms with Crippen LogP contribution in [0, 0.1) is 0 Å². The Morgan fingerprint density at radius 2 is 2.41 bits per heavy atom. The van der Waals surface area contributed by atoms with Crippen molar-refractivity contribution in [3.8, 4) is 0 Å². The van der Waals surface area contributed by atoms with Crippen LogP contribution in [0.2, 0.25) is 0 Å². The topological polar surface area (TPSA) is 54.5 Å². The predicted molar refractivity (Wildman–Crippen MR) is 66.3 cm³/mol. The third-order valence-corrected chi connectivity index (χ3v) is 2.78. The average molecular weight is 235 g/mol. The Kier molecular flexibility index (Phi) is 3.46. The minimum Gasteiger partial charge on any atom is -0.447 e. The van der Waals surface area contributed by atoms with Crippen molar-refractivity contribution in [1.82, 2.24) is 4.98 Å². The molecule has 1 aromatic rings. The molecular formula is C12H17N3O2. The van der Waals surface area contributed by atoms with E-state index >= 15 is 0 Å². The molecule has 1 aromatic heterocycles. The lowest BCUT2D eigenvalue weighted by molar-refractivity contribution is 0.181. The summed E-state index contributed by atoms with van der Waals surface area (Å²) in [6.07, 6.45) is 0.704. The van der Waals surface area contributed by atoms with E-state index in [9.17, 15) is 4.79 Å². The van der Waals surface area contributed by atoms with Crippen molar-refractivity contribution < 1.29 is 9.53 Å². The highest BCUT2D eigenvalue weighted by atomic mass is 16.6. The van der Waals surface area contributed by atoms with E-state index in [-0.39, 0.29) is 6.09 Å². The predicted octanol–water partition coefficient (Wildman–Crippen LogP) is 2.25. The SMILES string of the molecule is CCC(C)Nc1cccc(N2CCOC2=O)n1.